The Labute approximate surface area is 128 Å². The molecule has 0 aromatic heterocycles. The van der Waals surface area contributed by atoms with Crippen LogP contribution >= 0.6 is 0 Å². The summed E-state index contributed by atoms with van der Waals surface area (Å²) in [6.45, 7) is 9.54. The molecule has 0 aliphatic rings. The maximum absolute atomic E-state index is 6.11. The summed E-state index contributed by atoms with van der Waals surface area (Å²) in [4.78, 5) is 0. The summed E-state index contributed by atoms with van der Waals surface area (Å²) in [5.74, 6) is 1.81. The van der Waals surface area contributed by atoms with Crippen molar-refractivity contribution in [2.24, 2.45) is 0 Å². The Morgan fingerprint density at radius 1 is 1.05 bits per heavy atom. The number of ether oxygens (including phenoxy) is 1. The quantitative estimate of drug-likeness (QED) is 0.870. The molecule has 2 rings (SSSR count). The summed E-state index contributed by atoms with van der Waals surface area (Å²) in [5, 5.41) is 3.19. The summed E-state index contributed by atoms with van der Waals surface area (Å²) in [5.41, 5.74) is 3.83. The number of hydrogen-bond donors (Lipinski definition) is 1. The zero-order chi connectivity index (χ0) is 15.5. The van der Waals surface area contributed by atoms with E-state index in [1.807, 2.05) is 19.2 Å². The fraction of sp³-hybridized carbons (Fsp3) is 0.368. The molecule has 2 heteroatoms. The van der Waals surface area contributed by atoms with E-state index in [2.05, 4.69) is 63.3 Å². The Kier molecular flexibility index (Phi) is 4.69. The van der Waals surface area contributed by atoms with Crippen LogP contribution in [0, 0.1) is 6.92 Å². The Morgan fingerprint density at radius 2 is 1.81 bits per heavy atom. The fourth-order valence-corrected chi connectivity index (χ4v) is 2.29. The lowest BCUT2D eigenvalue weighted by atomic mass is 9.87. The molecular formula is C19H25NO. The summed E-state index contributed by atoms with van der Waals surface area (Å²) in [7, 11) is 1.95. The third-order valence-corrected chi connectivity index (χ3v) is 3.51. The molecule has 0 aliphatic heterocycles. The van der Waals surface area contributed by atoms with Gasteiger partial charge in [-0.25, -0.2) is 0 Å². The van der Waals surface area contributed by atoms with E-state index in [4.69, 9.17) is 4.74 Å². The molecule has 0 bridgehead atoms. The van der Waals surface area contributed by atoms with E-state index in [9.17, 15) is 0 Å². The van der Waals surface area contributed by atoms with E-state index in [-0.39, 0.29) is 5.41 Å². The van der Waals surface area contributed by atoms with Crippen molar-refractivity contribution in [2.75, 3.05) is 7.05 Å². The molecule has 2 aromatic rings. The molecule has 21 heavy (non-hydrogen) atoms. The van der Waals surface area contributed by atoms with Gasteiger partial charge in [0.05, 0.1) is 0 Å². The van der Waals surface area contributed by atoms with Crippen molar-refractivity contribution >= 4 is 0 Å². The van der Waals surface area contributed by atoms with Crippen molar-refractivity contribution in [3.63, 3.8) is 0 Å². The molecule has 0 saturated heterocycles. The van der Waals surface area contributed by atoms with Crippen LogP contribution in [0.25, 0.3) is 0 Å². The molecule has 112 valence electrons. The third kappa shape index (κ3) is 4.08. The molecule has 1 N–H and O–H groups in total. The number of benzene rings is 2. The smallest absolute Gasteiger partial charge is 0.131 e. The minimum absolute atomic E-state index is 0.125. The van der Waals surface area contributed by atoms with E-state index >= 15 is 0 Å². The molecule has 0 fully saturated rings. The van der Waals surface area contributed by atoms with Crippen LogP contribution in [0.5, 0.6) is 11.5 Å². The van der Waals surface area contributed by atoms with Gasteiger partial charge in [0.15, 0.2) is 0 Å². The lowest BCUT2D eigenvalue weighted by Crippen LogP contribution is -2.11. The van der Waals surface area contributed by atoms with Crippen molar-refractivity contribution in [1.29, 1.82) is 0 Å². The monoisotopic (exact) mass is 283 g/mol. The molecule has 0 saturated carbocycles. The first kappa shape index (κ1) is 15.6. The van der Waals surface area contributed by atoms with Gasteiger partial charge in [0.1, 0.15) is 11.5 Å². The molecule has 2 aromatic carbocycles. The van der Waals surface area contributed by atoms with Crippen molar-refractivity contribution < 1.29 is 4.74 Å². The SMILES string of the molecule is CNCc1cc(C)ccc1Oc1cccc(C(C)(C)C)c1. The van der Waals surface area contributed by atoms with Crippen LogP contribution in [0.3, 0.4) is 0 Å². The second-order valence-corrected chi connectivity index (χ2v) is 6.52. The zero-order valence-corrected chi connectivity index (χ0v) is 13.7. The van der Waals surface area contributed by atoms with E-state index < -0.39 is 0 Å². The average Bonchev–Trinajstić information content (AvgIpc) is 2.42. The predicted molar refractivity (Wildman–Crippen MR) is 89.2 cm³/mol. The highest BCUT2D eigenvalue weighted by Gasteiger charge is 2.14. The van der Waals surface area contributed by atoms with Gasteiger partial charge in [0.25, 0.3) is 0 Å². The molecule has 2 nitrogen and oxygen atoms in total. The summed E-state index contributed by atoms with van der Waals surface area (Å²) in [6, 6.07) is 14.6. The number of hydrogen-bond acceptors (Lipinski definition) is 2. The maximum atomic E-state index is 6.11. The van der Waals surface area contributed by atoms with E-state index in [1.54, 1.807) is 0 Å². The Bertz CT molecular complexity index is 611. The lowest BCUT2D eigenvalue weighted by Gasteiger charge is -2.20. The average molecular weight is 283 g/mol. The minimum Gasteiger partial charge on any atom is -0.457 e. The van der Waals surface area contributed by atoms with Gasteiger partial charge in [-0.2, -0.15) is 0 Å². The summed E-state index contributed by atoms with van der Waals surface area (Å²) < 4.78 is 6.11. The highest BCUT2D eigenvalue weighted by atomic mass is 16.5. The molecule has 0 amide bonds. The predicted octanol–water partition coefficient (Wildman–Crippen LogP) is 4.80. The van der Waals surface area contributed by atoms with E-state index in [0.717, 1.165) is 18.0 Å². The van der Waals surface area contributed by atoms with Crippen molar-refractivity contribution in [3.8, 4) is 11.5 Å². The van der Waals surface area contributed by atoms with Crippen LogP contribution in [0.15, 0.2) is 42.5 Å². The van der Waals surface area contributed by atoms with Gasteiger partial charge in [-0.1, -0.05) is 50.6 Å². The van der Waals surface area contributed by atoms with E-state index in [0.29, 0.717) is 0 Å². The summed E-state index contributed by atoms with van der Waals surface area (Å²) >= 11 is 0. The first-order valence-corrected chi connectivity index (χ1v) is 7.42. The van der Waals surface area contributed by atoms with Crippen LogP contribution in [0.1, 0.15) is 37.5 Å². The Morgan fingerprint density at radius 3 is 2.48 bits per heavy atom. The second-order valence-electron chi connectivity index (χ2n) is 6.52. The van der Waals surface area contributed by atoms with Crippen molar-refractivity contribution in [2.45, 2.75) is 39.7 Å². The van der Waals surface area contributed by atoms with Gasteiger partial charge in [-0.05, 0) is 43.1 Å². The first-order valence-electron chi connectivity index (χ1n) is 7.42. The van der Waals surface area contributed by atoms with Gasteiger partial charge in [0, 0.05) is 12.1 Å². The van der Waals surface area contributed by atoms with Crippen LogP contribution in [-0.4, -0.2) is 7.05 Å². The van der Waals surface area contributed by atoms with Gasteiger partial charge < -0.3 is 10.1 Å². The van der Waals surface area contributed by atoms with Crippen molar-refractivity contribution in [1.82, 2.24) is 5.32 Å². The standard InChI is InChI=1S/C19H25NO/c1-14-9-10-18(15(11-14)13-20-5)21-17-8-6-7-16(12-17)19(2,3)4/h6-12,20H,13H2,1-5H3. The van der Waals surface area contributed by atoms with Crippen molar-refractivity contribution in [3.05, 3.63) is 59.2 Å². The molecule has 0 heterocycles. The molecule has 0 atom stereocenters. The largest absolute Gasteiger partial charge is 0.457 e. The number of nitrogens with one attached hydrogen (secondary N) is 1. The van der Waals surface area contributed by atoms with E-state index in [1.165, 1.54) is 16.7 Å². The molecule has 0 spiro atoms. The first-order chi connectivity index (χ1) is 9.90. The van der Waals surface area contributed by atoms with Crippen LogP contribution < -0.4 is 10.1 Å². The zero-order valence-electron chi connectivity index (χ0n) is 13.7. The fourth-order valence-electron chi connectivity index (χ4n) is 2.29. The van der Waals surface area contributed by atoms with Crippen LogP contribution in [0.4, 0.5) is 0 Å². The Hall–Kier alpha value is -1.80. The molecule has 0 unspecified atom stereocenters. The van der Waals surface area contributed by atoms with Gasteiger partial charge in [-0.3, -0.25) is 0 Å². The minimum atomic E-state index is 0.125. The number of aryl methyl sites for hydroxylation is 1. The van der Waals surface area contributed by atoms with Gasteiger partial charge in [0.2, 0.25) is 0 Å². The molecular weight excluding hydrogens is 258 g/mol. The summed E-state index contributed by atoms with van der Waals surface area (Å²) in [6.07, 6.45) is 0. The van der Waals surface area contributed by atoms with Gasteiger partial charge in [-0.15, -0.1) is 0 Å². The topological polar surface area (TPSA) is 21.3 Å². The molecule has 0 aliphatic carbocycles. The number of rotatable bonds is 4. The van der Waals surface area contributed by atoms with Crippen LogP contribution in [-0.2, 0) is 12.0 Å². The van der Waals surface area contributed by atoms with Crippen LogP contribution in [0.2, 0.25) is 0 Å². The third-order valence-electron chi connectivity index (χ3n) is 3.51. The lowest BCUT2D eigenvalue weighted by molar-refractivity contribution is 0.470. The maximum Gasteiger partial charge on any atom is 0.131 e. The highest BCUT2D eigenvalue weighted by molar-refractivity contribution is 5.41. The Balaban J connectivity index is 2.30. The van der Waals surface area contributed by atoms with Gasteiger partial charge >= 0.3 is 0 Å². The second kappa shape index (κ2) is 6.31. The molecule has 0 radical (unpaired) electrons. The normalized spacial score (nSPS) is 11.5. The highest BCUT2D eigenvalue weighted by Crippen LogP contribution is 2.30.